The summed E-state index contributed by atoms with van der Waals surface area (Å²) in [6.45, 7) is -0.0236. The van der Waals surface area contributed by atoms with Crippen LogP contribution in [0.4, 0.5) is 5.69 Å². The maximum absolute atomic E-state index is 11.4. The number of nitrogens with one attached hydrogen (secondary N) is 1. The van der Waals surface area contributed by atoms with Crippen molar-refractivity contribution in [2.75, 3.05) is 25.6 Å². The Bertz CT molecular complexity index is 501. The summed E-state index contributed by atoms with van der Waals surface area (Å²) in [6.07, 6.45) is 0. The van der Waals surface area contributed by atoms with Crippen LogP contribution >= 0.6 is 0 Å². The van der Waals surface area contributed by atoms with Crippen LogP contribution in [0.2, 0.25) is 0 Å². The lowest BCUT2D eigenvalue weighted by Gasteiger charge is -2.26. The van der Waals surface area contributed by atoms with Gasteiger partial charge in [-0.25, -0.2) is 0 Å². The molecule has 1 aliphatic rings. The summed E-state index contributed by atoms with van der Waals surface area (Å²) in [5, 5.41) is 11.8. The van der Waals surface area contributed by atoms with E-state index < -0.39 is 12.0 Å². The first-order valence-electron chi connectivity index (χ1n) is 5.48. The number of ether oxygens (including phenoxy) is 1. The molecule has 1 aliphatic heterocycles. The molecule has 1 aromatic rings. The SMILES string of the molecule is CNC(C(=O)O)c1ccc2c(c1)OCC(=O)N2C. The molecule has 0 saturated heterocycles. The van der Waals surface area contributed by atoms with E-state index in [0.717, 1.165) is 0 Å². The Morgan fingerprint density at radius 2 is 2.28 bits per heavy atom. The van der Waals surface area contributed by atoms with E-state index in [1.54, 1.807) is 32.3 Å². The van der Waals surface area contributed by atoms with E-state index in [1.807, 2.05) is 0 Å². The monoisotopic (exact) mass is 250 g/mol. The molecule has 0 bridgehead atoms. The molecule has 0 aromatic heterocycles. The first-order valence-corrected chi connectivity index (χ1v) is 5.48. The topological polar surface area (TPSA) is 78.9 Å². The maximum atomic E-state index is 11.4. The van der Waals surface area contributed by atoms with E-state index in [-0.39, 0.29) is 12.5 Å². The van der Waals surface area contributed by atoms with E-state index in [1.165, 1.54) is 4.90 Å². The van der Waals surface area contributed by atoms with Gasteiger partial charge < -0.3 is 20.1 Å². The third-order valence-corrected chi connectivity index (χ3v) is 2.94. The van der Waals surface area contributed by atoms with Crippen LogP contribution in [0.1, 0.15) is 11.6 Å². The van der Waals surface area contributed by atoms with Crippen LogP contribution in [0, 0.1) is 0 Å². The van der Waals surface area contributed by atoms with Crippen LogP contribution in [0.3, 0.4) is 0 Å². The lowest BCUT2D eigenvalue weighted by atomic mass is 10.1. The number of benzene rings is 1. The third-order valence-electron chi connectivity index (χ3n) is 2.94. The molecule has 6 heteroatoms. The summed E-state index contributed by atoms with van der Waals surface area (Å²) in [5.41, 5.74) is 1.24. The molecule has 0 radical (unpaired) electrons. The van der Waals surface area contributed by atoms with E-state index in [9.17, 15) is 9.59 Å². The highest BCUT2D eigenvalue weighted by molar-refractivity contribution is 5.97. The van der Waals surface area contributed by atoms with Gasteiger partial charge in [0.25, 0.3) is 5.91 Å². The van der Waals surface area contributed by atoms with Crippen LogP contribution in [0.15, 0.2) is 18.2 Å². The average molecular weight is 250 g/mol. The number of carbonyl (C=O) groups is 2. The number of carboxylic acids is 1. The van der Waals surface area contributed by atoms with Crippen molar-refractivity contribution in [1.82, 2.24) is 5.32 Å². The number of anilines is 1. The standard InChI is InChI=1S/C12H14N2O4/c1-13-11(12(16)17)7-3-4-8-9(5-7)18-6-10(15)14(8)2/h3-5,11,13H,6H2,1-2H3,(H,16,17). The zero-order valence-corrected chi connectivity index (χ0v) is 10.1. The number of rotatable bonds is 3. The number of carboxylic acid groups (broad SMARTS) is 1. The Morgan fingerprint density at radius 1 is 1.56 bits per heavy atom. The van der Waals surface area contributed by atoms with Crippen LogP contribution in [0.25, 0.3) is 0 Å². The fraction of sp³-hybridized carbons (Fsp3) is 0.333. The van der Waals surface area contributed by atoms with Crippen LogP contribution in [0.5, 0.6) is 5.75 Å². The minimum Gasteiger partial charge on any atom is -0.482 e. The first kappa shape index (κ1) is 12.4. The number of aliphatic carboxylic acids is 1. The molecule has 2 rings (SSSR count). The summed E-state index contributed by atoms with van der Waals surface area (Å²) in [7, 11) is 3.24. The summed E-state index contributed by atoms with van der Waals surface area (Å²) < 4.78 is 5.31. The van der Waals surface area contributed by atoms with Gasteiger partial charge in [0.05, 0.1) is 5.69 Å². The highest BCUT2D eigenvalue weighted by atomic mass is 16.5. The average Bonchev–Trinajstić information content (AvgIpc) is 2.34. The number of amides is 1. The Morgan fingerprint density at radius 3 is 2.89 bits per heavy atom. The molecule has 18 heavy (non-hydrogen) atoms. The van der Waals surface area contributed by atoms with Crippen LogP contribution in [-0.4, -0.2) is 37.7 Å². The van der Waals surface area contributed by atoms with E-state index in [2.05, 4.69) is 5.32 Å². The molecule has 1 unspecified atom stereocenters. The van der Waals surface area contributed by atoms with Crippen LogP contribution < -0.4 is 15.0 Å². The second-order valence-corrected chi connectivity index (χ2v) is 4.03. The molecule has 2 N–H and O–H groups in total. The summed E-state index contributed by atoms with van der Waals surface area (Å²) in [4.78, 5) is 24.0. The summed E-state index contributed by atoms with van der Waals surface area (Å²) in [6, 6.07) is 4.22. The van der Waals surface area contributed by atoms with E-state index >= 15 is 0 Å². The second-order valence-electron chi connectivity index (χ2n) is 4.03. The highest BCUT2D eigenvalue weighted by Gasteiger charge is 2.25. The van der Waals surface area contributed by atoms with Crippen molar-refractivity contribution in [3.8, 4) is 5.75 Å². The molecule has 6 nitrogen and oxygen atoms in total. The van der Waals surface area contributed by atoms with Gasteiger partial charge in [-0.15, -0.1) is 0 Å². The number of nitrogens with zero attached hydrogens (tertiary/aromatic N) is 1. The second kappa shape index (κ2) is 4.66. The number of likely N-dealkylation sites (N-methyl/N-ethyl adjacent to an activating group) is 2. The van der Waals surface area contributed by atoms with Crippen LogP contribution in [-0.2, 0) is 9.59 Å². The van der Waals surface area contributed by atoms with Crippen molar-refractivity contribution < 1.29 is 19.4 Å². The third kappa shape index (κ3) is 2.02. The van der Waals surface area contributed by atoms with Gasteiger partial charge >= 0.3 is 5.97 Å². The lowest BCUT2D eigenvalue weighted by molar-refractivity contribution is -0.139. The molecule has 96 valence electrons. The number of fused-ring (bicyclic) bond motifs is 1. The van der Waals surface area contributed by atoms with Gasteiger partial charge in [0, 0.05) is 7.05 Å². The maximum Gasteiger partial charge on any atom is 0.325 e. The molecule has 0 saturated carbocycles. The highest BCUT2D eigenvalue weighted by Crippen LogP contribution is 2.33. The Kier molecular flexibility index (Phi) is 3.20. The number of carbonyl (C=O) groups excluding carboxylic acids is 1. The van der Waals surface area contributed by atoms with E-state index in [4.69, 9.17) is 9.84 Å². The molecule has 0 fully saturated rings. The van der Waals surface area contributed by atoms with Gasteiger partial charge in [-0.05, 0) is 24.7 Å². The van der Waals surface area contributed by atoms with Gasteiger partial charge in [-0.2, -0.15) is 0 Å². The Hall–Kier alpha value is -2.08. The quantitative estimate of drug-likeness (QED) is 0.811. The molecular formula is C12H14N2O4. The first-order chi connectivity index (χ1) is 8.54. The van der Waals surface area contributed by atoms with Gasteiger partial charge in [0.1, 0.15) is 11.8 Å². The van der Waals surface area contributed by atoms with Crippen molar-refractivity contribution in [3.05, 3.63) is 23.8 Å². The molecule has 0 spiro atoms. The van der Waals surface area contributed by atoms with Crippen molar-refractivity contribution in [3.63, 3.8) is 0 Å². The number of hydrogen-bond donors (Lipinski definition) is 2. The Labute approximate surface area is 104 Å². The molecule has 1 heterocycles. The fourth-order valence-corrected chi connectivity index (χ4v) is 1.91. The van der Waals surface area contributed by atoms with Gasteiger partial charge in [0.2, 0.25) is 0 Å². The minimum absolute atomic E-state index is 0.0236. The van der Waals surface area contributed by atoms with E-state index in [0.29, 0.717) is 17.0 Å². The zero-order chi connectivity index (χ0) is 13.3. The summed E-state index contributed by atoms with van der Waals surface area (Å²) >= 11 is 0. The molecule has 1 atom stereocenters. The lowest BCUT2D eigenvalue weighted by Crippen LogP contribution is -2.35. The predicted octanol–water partition coefficient (Wildman–Crippen LogP) is 0.387. The fourth-order valence-electron chi connectivity index (χ4n) is 1.91. The molecule has 0 aliphatic carbocycles. The summed E-state index contributed by atoms with van der Waals surface area (Å²) in [5.74, 6) is -0.563. The minimum atomic E-state index is -0.960. The predicted molar refractivity (Wildman–Crippen MR) is 64.8 cm³/mol. The van der Waals surface area contributed by atoms with Gasteiger partial charge in [-0.3, -0.25) is 9.59 Å². The largest absolute Gasteiger partial charge is 0.482 e. The van der Waals surface area contributed by atoms with Crippen molar-refractivity contribution in [1.29, 1.82) is 0 Å². The van der Waals surface area contributed by atoms with Crippen molar-refractivity contribution in [2.45, 2.75) is 6.04 Å². The Balaban J connectivity index is 2.39. The zero-order valence-electron chi connectivity index (χ0n) is 10.1. The van der Waals surface area contributed by atoms with Gasteiger partial charge in [-0.1, -0.05) is 6.07 Å². The normalized spacial score (nSPS) is 15.9. The number of hydrogen-bond acceptors (Lipinski definition) is 4. The molecule has 1 amide bonds. The van der Waals surface area contributed by atoms with Crippen molar-refractivity contribution in [2.24, 2.45) is 0 Å². The smallest absolute Gasteiger partial charge is 0.325 e. The van der Waals surface area contributed by atoms with Gasteiger partial charge in [0.15, 0.2) is 6.61 Å². The molecular weight excluding hydrogens is 236 g/mol. The van der Waals surface area contributed by atoms with Crippen molar-refractivity contribution >= 4 is 17.6 Å². The molecule has 1 aromatic carbocycles.